The van der Waals surface area contributed by atoms with Gasteiger partial charge >= 0.3 is 0 Å². The summed E-state index contributed by atoms with van der Waals surface area (Å²) in [7, 11) is -5.13. The third-order valence-corrected chi connectivity index (χ3v) is 6.51. The zero-order valence-electron chi connectivity index (χ0n) is 12.8. The molecule has 0 fully saturated rings. The fourth-order valence-electron chi connectivity index (χ4n) is 1.81. The molecule has 0 bridgehead atoms. The standard InChI is InChI=1S/C14H15ClN2O5S2/c1-17(2)24(21,22)12-6-7-14(18)13(9-12)16-23(19,20)11-5-3-4-10(15)8-11/h3-9,16,18H,1-2H3. The lowest BCUT2D eigenvalue weighted by atomic mass is 10.3. The highest BCUT2D eigenvalue weighted by molar-refractivity contribution is 7.92. The summed E-state index contributed by atoms with van der Waals surface area (Å²) in [5, 5.41) is 10.1. The minimum absolute atomic E-state index is 0.115. The third kappa shape index (κ3) is 3.81. The highest BCUT2D eigenvalue weighted by Gasteiger charge is 2.21. The Labute approximate surface area is 145 Å². The number of hydrogen-bond donors (Lipinski definition) is 2. The molecule has 10 heteroatoms. The Hall–Kier alpha value is -1.81. The highest BCUT2D eigenvalue weighted by atomic mass is 35.5. The van der Waals surface area contributed by atoms with Crippen LogP contribution in [0.3, 0.4) is 0 Å². The molecule has 0 amide bonds. The Morgan fingerprint density at radius 2 is 1.67 bits per heavy atom. The zero-order valence-corrected chi connectivity index (χ0v) is 15.2. The molecule has 0 spiro atoms. The first-order valence-corrected chi connectivity index (χ1v) is 9.88. The first-order valence-electron chi connectivity index (χ1n) is 6.58. The summed E-state index contributed by atoms with van der Waals surface area (Å²) in [6.45, 7) is 0. The average molecular weight is 391 g/mol. The molecule has 2 aromatic carbocycles. The van der Waals surface area contributed by atoms with Crippen molar-refractivity contribution in [3.63, 3.8) is 0 Å². The molecule has 2 rings (SSSR count). The van der Waals surface area contributed by atoms with Gasteiger partial charge in [-0.3, -0.25) is 4.72 Å². The maximum atomic E-state index is 12.4. The van der Waals surface area contributed by atoms with E-state index in [1.165, 1.54) is 44.4 Å². The molecule has 0 atom stereocenters. The summed E-state index contributed by atoms with van der Waals surface area (Å²) in [4.78, 5) is -0.274. The molecule has 2 aromatic rings. The molecule has 0 aliphatic rings. The van der Waals surface area contributed by atoms with Gasteiger partial charge in [0.15, 0.2) is 0 Å². The van der Waals surface area contributed by atoms with Crippen molar-refractivity contribution in [3.8, 4) is 5.75 Å². The Bertz CT molecular complexity index is 972. The predicted molar refractivity (Wildman–Crippen MR) is 91.2 cm³/mol. The number of hydrogen-bond acceptors (Lipinski definition) is 5. The Kier molecular flexibility index (Phi) is 5.09. The van der Waals surface area contributed by atoms with Crippen molar-refractivity contribution in [1.82, 2.24) is 4.31 Å². The lowest BCUT2D eigenvalue weighted by molar-refractivity contribution is 0.477. The van der Waals surface area contributed by atoms with E-state index < -0.39 is 25.8 Å². The van der Waals surface area contributed by atoms with Crippen molar-refractivity contribution in [1.29, 1.82) is 0 Å². The number of phenolic OH excluding ortho intramolecular Hbond substituents is 1. The molecular formula is C14H15ClN2O5S2. The summed E-state index contributed by atoms with van der Waals surface area (Å²) in [5.41, 5.74) is -0.252. The van der Waals surface area contributed by atoms with Crippen LogP contribution in [0.2, 0.25) is 5.02 Å². The van der Waals surface area contributed by atoms with Crippen LogP contribution in [0.25, 0.3) is 0 Å². The fraction of sp³-hybridized carbons (Fsp3) is 0.143. The molecular weight excluding hydrogens is 376 g/mol. The number of phenols is 1. The van der Waals surface area contributed by atoms with Crippen LogP contribution in [0.15, 0.2) is 52.3 Å². The van der Waals surface area contributed by atoms with Gasteiger partial charge in [0.05, 0.1) is 15.5 Å². The lowest BCUT2D eigenvalue weighted by Gasteiger charge is -2.14. The summed E-state index contributed by atoms with van der Waals surface area (Å²) in [5.74, 6) is -0.404. The topological polar surface area (TPSA) is 104 Å². The van der Waals surface area contributed by atoms with E-state index in [-0.39, 0.29) is 20.5 Å². The smallest absolute Gasteiger partial charge is 0.262 e. The number of sulfonamides is 2. The van der Waals surface area contributed by atoms with Gasteiger partial charge in [0.1, 0.15) is 5.75 Å². The van der Waals surface area contributed by atoms with E-state index in [4.69, 9.17) is 11.6 Å². The Balaban J connectivity index is 2.47. The van der Waals surface area contributed by atoms with E-state index in [0.717, 1.165) is 16.4 Å². The number of halogens is 1. The summed E-state index contributed by atoms with van der Waals surface area (Å²) in [6.07, 6.45) is 0. The second-order valence-electron chi connectivity index (χ2n) is 5.03. The van der Waals surface area contributed by atoms with Crippen LogP contribution >= 0.6 is 11.6 Å². The second-order valence-corrected chi connectivity index (χ2v) is 9.30. The summed E-state index contributed by atoms with van der Waals surface area (Å²) < 4.78 is 52.1. The van der Waals surface area contributed by atoms with Crippen molar-refractivity contribution in [2.24, 2.45) is 0 Å². The first-order chi connectivity index (χ1) is 11.0. The van der Waals surface area contributed by atoms with Gasteiger partial charge in [0.2, 0.25) is 10.0 Å². The highest BCUT2D eigenvalue weighted by Crippen LogP contribution is 2.29. The van der Waals surface area contributed by atoms with E-state index in [1.807, 2.05) is 0 Å². The van der Waals surface area contributed by atoms with Crippen LogP contribution in [0.1, 0.15) is 0 Å². The van der Waals surface area contributed by atoms with Crippen LogP contribution < -0.4 is 4.72 Å². The SMILES string of the molecule is CN(C)S(=O)(=O)c1ccc(O)c(NS(=O)(=O)c2cccc(Cl)c2)c1. The molecule has 0 aliphatic carbocycles. The largest absolute Gasteiger partial charge is 0.506 e. The van der Waals surface area contributed by atoms with Gasteiger partial charge in [-0.05, 0) is 36.4 Å². The molecule has 2 N–H and O–H groups in total. The van der Waals surface area contributed by atoms with E-state index >= 15 is 0 Å². The summed E-state index contributed by atoms with van der Waals surface area (Å²) >= 11 is 5.78. The Morgan fingerprint density at radius 1 is 1.00 bits per heavy atom. The van der Waals surface area contributed by atoms with Crippen LogP contribution in [-0.4, -0.2) is 40.3 Å². The molecule has 0 radical (unpaired) electrons. The van der Waals surface area contributed by atoms with Crippen molar-refractivity contribution < 1.29 is 21.9 Å². The maximum Gasteiger partial charge on any atom is 0.262 e. The third-order valence-electron chi connectivity index (χ3n) is 3.10. The molecule has 0 saturated carbocycles. The van der Waals surface area contributed by atoms with Crippen LogP contribution in [0.5, 0.6) is 5.75 Å². The molecule has 7 nitrogen and oxygen atoms in total. The number of aromatic hydroxyl groups is 1. The number of nitrogens with zero attached hydrogens (tertiary/aromatic N) is 1. The molecule has 0 aromatic heterocycles. The monoisotopic (exact) mass is 390 g/mol. The molecule has 0 saturated heterocycles. The Morgan fingerprint density at radius 3 is 2.25 bits per heavy atom. The second kappa shape index (κ2) is 6.60. The van der Waals surface area contributed by atoms with Gasteiger partial charge in [0, 0.05) is 19.1 Å². The lowest BCUT2D eigenvalue weighted by Crippen LogP contribution is -2.22. The van der Waals surface area contributed by atoms with Crippen molar-refractivity contribution in [2.75, 3.05) is 18.8 Å². The van der Waals surface area contributed by atoms with Crippen LogP contribution in [-0.2, 0) is 20.0 Å². The zero-order chi connectivity index (χ0) is 18.1. The number of rotatable bonds is 5. The van der Waals surface area contributed by atoms with Gasteiger partial charge in [0.25, 0.3) is 10.0 Å². The van der Waals surface area contributed by atoms with Crippen LogP contribution in [0, 0.1) is 0 Å². The predicted octanol–water partition coefficient (Wildman–Crippen LogP) is 2.10. The molecule has 0 aliphatic heterocycles. The van der Waals surface area contributed by atoms with E-state index in [2.05, 4.69) is 4.72 Å². The molecule has 130 valence electrons. The maximum absolute atomic E-state index is 12.4. The number of anilines is 1. The summed E-state index contributed by atoms with van der Waals surface area (Å²) in [6, 6.07) is 8.87. The molecule has 0 unspecified atom stereocenters. The van der Waals surface area contributed by atoms with Gasteiger partial charge in [-0.15, -0.1) is 0 Å². The quantitative estimate of drug-likeness (QED) is 0.761. The van der Waals surface area contributed by atoms with E-state index in [1.54, 1.807) is 0 Å². The average Bonchev–Trinajstić information content (AvgIpc) is 2.49. The minimum atomic E-state index is -4.04. The fourth-order valence-corrected chi connectivity index (χ4v) is 4.10. The van der Waals surface area contributed by atoms with Gasteiger partial charge in [-0.1, -0.05) is 17.7 Å². The van der Waals surface area contributed by atoms with Gasteiger partial charge in [-0.2, -0.15) is 0 Å². The normalized spacial score (nSPS) is 12.3. The van der Waals surface area contributed by atoms with Gasteiger partial charge < -0.3 is 5.11 Å². The van der Waals surface area contributed by atoms with Crippen LogP contribution in [0.4, 0.5) is 5.69 Å². The minimum Gasteiger partial charge on any atom is -0.506 e. The van der Waals surface area contributed by atoms with Gasteiger partial charge in [-0.25, -0.2) is 21.1 Å². The number of nitrogens with one attached hydrogen (secondary N) is 1. The molecule has 0 heterocycles. The van der Waals surface area contributed by atoms with Crippen molar-refractivity contribution in [2.45, 2.75) is 9.79 Å². The first kappa shape index (κ1) is 18.5. The van der Waals surface area contributed by atoms with Crippen molar-refractivity contribution >= 4 is 37.3 Å². The molecule has 24 heavy (non-hydrogen) atoms. The number of benzene rings is 2. The van der Waals surface area contributed by atoms with Crippen molar-refractivity contribution in [3.05, 3.63) is 47.5 Å². The van der Waals surface area contributed by atoms with E-state index in [9.17, 15) is 21.9 Å². The van der Waals surface area contributed by atoms with E-state index in [0.29, 0.717) is 0 Å².